The van der Waals surface area contributed by atoms with Gasteiger partial charge in [0.2, 0.25) is 0 Å². The second kappa shape index (κ2) is 15.9. The van der Waals surface area contributed by atoms with Crippen LogP contribution in [-0.4, -0.2) is 22.2 Å². The van der Waals surface area contributed by atoms with Crippen LogP contribution in [0.15, 0.2) is 24.3 Å². The lowest BCUT2D eigenvalue weighted by Gasteiger charge is -2.11. The van der Waals surface area contributed by atoms with Crippen LogP contribution < -0.4 is 0 Å². The minimum absolute atomic E-state index is 0.217. The third-order valence-corrected chi connectivity index (χ3v) is 4.50. The van der Waals surface area contributed by atoms with Crippen molar-refractivity contribution in [2.45, 2.75) is 90.4 Å². The average Bonchev–Trinajstić information content (AvgIpc) is 2.57. The molecule has 0 rings (SSSR count). The maximum absolute atomic E-state index is 11.1. The zero-order valence-electron chi connectivity index (χ0n) is 15.8. The van der Waals surface area contributed by atoms with E-state index in [0.29, 0.717) is 6.42 Å². The number of carboxylic acid groups (broad SMARTS) is 2. The van der Waals surface area contributed by atoms with Crippen LogP contribution in [0.2, 0.25) is 0 Å². The summed E-state index contributed by atoms with van der Waals surface area (Å²) in [6.45, 7) is 5.61. The van der Waals surface area contributed by atoms with E-state index in [2.05, 4.69) is 25.7 Å². The molecule has 0 aromatic carbocycles. The Bertz CT molecular complexity index is 412. The first-order chi connectivity index (χ1) is 12.0. The van der Waals surface area contributed by atoms with Crippen molar-refractivity contribution in [3.8, 4) is 0 Å². The second-order valence-corrected chi connectivity index (χ2v) is 6.74. The molecule has 2 N–H and O–H groups in total. The van der Waals surface area contributed by atoms with Gasteiger partial charge >= 0.3 is 11.9 Å². The Labute approximate surface area is 153 Å². The van der Waals surface area contributed by atoms with Gasteiger partial charge in [-0.25, -0.2) is 4.79 Å². The van der Waals surface area contributed by atoms with E-state index in [4.69, 9.17) is 10.2 Å². The van der Waals surface area contributed by atoms with Crippen molar-refractivity contribution in [1.82, 2.24) is 0 Å². The molecule has 0 amide bonds. The summed E-state index contributed by atoms with van der Waals surface area (Å²) >= 11 is 0. The van der Waals surface area contributed by atoms with Gasteiger partial charge in [-0.15, -0.1) is 0 Å². The molecule has 0 fully saturated rings. The number of carboxylic acids is 2. The van der Waals surface area contributed by atoms with Crippen LogP contribution >= 0.6 is 0 Å². The molecule has 0 aromatic rings. The Kier molecular flexibility index (Phi) is 14.9. The molecule has 25 heavy (non-hydrogen) atoms. The molecule has 0 radical (unpaired) electrons. The summed E-state index contributed by atoms with van der Waals surface area (Å²) in [4.78, 5) is 21.9. The zero-order chi connectivity index (χ0) is 18.9. The Balaban J connectivity index is 3.56. The molecule has 0 unspecified atom stereocenters. The van der Waals surface area contributed by atoms with E-state index in [1.807, 2.05) is 0 Å². The second-order valence-electron chi connectivity index (χ2n) is 6.74. The fourth-order valence-electron chi connectivity index (χ4n) is 2.84. The van der Waals surface area contributed by atoms with Gasteiger partial charge in [-0.1, -0.05) is 77.0 Å². The molecule has 0 aliphatic rings. The predicted octanol–water partition coefficient (Wildman–Crippen LogP) is 5.98. The monoisotopic (exact) mass is 352 g/mol. The third-order valence-electron chi connectivity index (χ3n) is 4.50. The van der Waals surface area contributed by atoms with Crippen molar-refractivity contribution >= 4 is 11.9 Å². The van der Waals surface area contributed by atoms with E-state index in [-0.39, 0.29) is 5.57 Å². The molecule has 144 valence electrons. The number of aliphatic carboxylic acids is 2. The largest absolute Gasteiger partial charge is 0.481 e. The summed E-state index contributed by atoms with van der Waals surface area (Å²) in [5.41, 5.74) is -0.217. The van der Waals surface area contributed by atoms with E-state index in [9.17, 15) is 9.59 Å². The van der Waals surface area contributed by atoms with Gasteiger partial charge in [-0.2, -0.15) is 0 Å². The molecule has 0 aliphatic heterocycles. The summed E-state index contributed by atoms with van der Waals surface area (Å²) in [6, 6.07) is 0. The summed E-state index contributed by atoms with van der Waals surface area (Å²) in [6.07, 6.45) is 18.9. The van der Waals surface area contributed by atoms with Crippen LogP contribution in [0.5, 0.6) is 0 Å². The molecule has 4 nitrogen and oxygen atoms in total. The highest BCUT2D eigenvalue weighted by atomic mass is 16.4. The number of hydrogen-bond donors (Lipinski definition) is 2. The smallest absolute Gasteiger partial charge is 0.331 e. The third kappa shape index (κ3) is 13.4. The molecular formula is C21H36O4. The van der Waals surface area contributed by atoms with Gasteiger partial charge < -0.3 is 10.2 Å². The van der Waals surface area contributed by atoms with Gasteiger partial charge in [0.1, 0.15) is 0 Å². The standard InChI is InChI=1S/C21H36O4/c1-3-4-5-6-7-8-9-10-11-12-13-14-15-16-17-19(21(24)25)18(2)20(22)23/h10-11,19H,2-9,12-17H2,1H3,(H,22,23)(H,24,25)/b11-10-/t19-/m1/s1. The molecule has 0 bridgehead atoms. The highest BCUT2D eigenvalue weighted by molar-refractivity contribution is 5.93. The van der Waals surface area contributed by atoms with E-state index < -0.39 is 17.9 Å². The van der Waals surface area contributed by atoms with E-state index in [0.717, 1.165) is 32.1 Å². The molecular weight excluding hydrogens is 316 g/mol. The van der Waals surface area contributed by atoms with Crippen LogP contribution in [0, 0.1) is 5.92 Å². The Morgan fingerprint density at radius 3 is 1.80 bits per heavy atom. The van der Waals surface area contributed by atoms with E-state index in [1.54, 1.807) is 0 Å². The van der Waals surface area contributed by atoms with Gasteiger partial charge in [-0.3, -0.25) is 4.79 Å². The van der Waals surface area contributed by atoms with Gasteiger partial charge in [0.05, 0.1) is 5.92 Å². The van der Waals surface area contributed by atoms with Crippen molar-refractivity contribution in [2.24, 2.45) is 5.92 Å². The fourth-order valence-corrected chi connectivity index (χ4v) is 2.84. The van der Waals surface area contributed by atoms with Crippen molar-refractivity contribution < 1.29 is 19.8 Å². The number of hydrogen-bond acceptors (Lipinski definition) is 2. The number of carbonyl (C=O) groups is 2. The first kappa shape index (κ1) is 23.4. The van der Waals surface area contributed by atoms with Crippen molar-refractivity contribution in [3.63, 3.8) is 0 Å². The van der Waals surface area contributed by atoms with Crippen molar-refractivity contribution in [3.05, 3.63) is 24.3 Å². The van der Waals surface area contributed by atoms with Crippen LogP contribution in [-0.2, 0) is 9.59 Å². The lowest BCUT2D eigenvalue weighted by molar-refractivity contribution is -0.144. The van der Waals surface area contributed by atoms with Crippen LogP contribution in [0.3, 0.4) is 0 Å². The first-order valence-electron chi connectivity index (χ1n) is 9.80. The predicted molar refractivity (Wildman–Crippen MR) is 103 cm³/mol. The minimum atomic E-state index is -1.22. The molecule has 4 heteroatoms. The normalized spacial score (nSPS) is 12.4. The lowest BCUT2D eigenvalue weighted by atomic mass is 9.94. The molecule has 0 spiro atoms. The maximum Gasteiger partial charge on any atom is 0.331 e. The highest BCUT2D eigenvalue weighted by Crippen LogP contribution is 2.19. The van der Waals surface area contributed by atoms with E-state index >= 15 is 0 Å². The summed E-state index contributed by atoms with van der Waals surface area (Å²) in [5, 5.41) is 17.9. The molecule has 0 saturated heterocycles. The molecule has 0 saturated carbocycles. The van der Waals surface area contributed by atoms with Crippen LogP contribution in [0.1, 0.15) is 90.4 Å². The van der Waals surface area contributed by atoms with Crippen LogP contribution in [0.25, 0.3) is 0 Å². The van der Waals surface area contributed by atoms with Crippen LogP contribution in [0.4, 0.5) is 0 Å². The molecule has 1 atom stereocenters. The SMILES string of the molecule is C=C(C(=O)O)[C@@H](CCCCCC/C=C\CCCCCCCC)C(=O)O. The fraction of sp³-hybridized carbons (Fsp3) is 0.714. The Morgan fingerprint density at radius 2 is 1.32 bits per heavy atom. The van der Waals surface area contributed by atoms with Gasteiger partial charge in [0, 0.05) is 5.57 Å². The average molecular weight is 353 g/mol. The van der Waals surface area contributed by atoms with Gasteiger partial charge in [0.25, 0.3) is 0 Å². The summed E-state index contributed by atoms with van der Waals surface area (Å²) in [5.74, 6) is -3.28. The van der Waals surface area contributed by atoms with Crippen molar-refractivity contribution in [1.29, 1.82) is 0 Å². The Morgan fingerprint density at radius 1 is 0.840 bits per heavy atom. The lowest BCUT2D eigenvalue weighted by Crippen LogP contribution is -2.20. The number of allylic oxidation sites excluding steroid dienone is 2. The topological polar surface area (TPSA) is 74.6 Å². The summed E-state index contributed by atoms with van der Waals surface area (Å²) in [7, 11) is 0. The van der Waals surface area contributed by atoms with E-state index in [1.165, 1.54) is 44.9 Å². The highest BCUT2D eigenvalue weighted by Gasteiger charge is 2.24. The quantitative estimate of drug-likeness (QED) is 0.192. The molecule has 0 heterocycles. The zero-order valence-corrected chi connectivity index (χ0v) is 15.8. The summed E-state index contributed by atoms with van der Waals surface area (Å²) < 4.78 is 0. The Hall–Kier alpha value is -1.58. The van der Waals surface area contributed by atoms with Gasteiger partial charge in [0.15, 0.2) is 0 Å². The minimum Gasteiger partial charge on any atom is -0.481 e. The number of rotatable bonds is 17. The van der Waals surface area contributed by atoms with Crippen molar-refractivity contribution in [2.75, 3.05) is 0 Å². The number of unbranched alkanes of at least 4 members (excludes halogenated alkanes) is 10. The molecule has 0 aliphatic carbocycles. The van der Waals surface area contributed by atoms with Gasteiger partial charge in [-0.05, 0) is 32.1 Å². The maximum atomic E-state index is 11.1. The molecule has 0 aromatic heterocycles. The first-order valence-corrected chi connectivity index (χ1v) is 9.80.